The first-order valence-corrected chi connectivity index (χ1v) is 4.67. The van der Waals surface area contributed by atoms with E-state index in [0.717, 1.165) is 12.1 Å². The van der Waals surface area contributed by atoms with Gasteiger partial charge in [-0.1, -0.05) is 0 Å². The minimum atomic E-state index is -4.77. The molecule has 0 heterocycles. The molecule has 0 aliphatic rings. The van der Waals surface area contributed by atoms with Crippen LogP contribution in [0.25, 0.3) is 0 Å². The van der Waals surface area contributed by atoms with Crippen LogP contribution < -0.4 is 15.2 Å². The van der Waals surface area contributed by atoms with Crippen LogP contribution in [0.2, 0.25) is 0 Å². The van der Waals surface area contributed by atoms with E-state index < -0.39 is 24.8 Å². The smallest absolute Gasteiger partial charge is 0.496 e. The Hall–Kier alpha value is -1.47. The van der Waals surface area contributed by atoms with Crippen molar-refractivity contribution >= 4 is 0 Å². The van der Waals surface area contributed by atoms with E-state index in [0.29, 0.717) is 5.75 Å². The third kappa shape index (κ3) is 3.79. The minimum Gasteiger partial charge on any atom is -0.496 e. The number of rotatable bonds is 4. The lowest BCUT2D eigenvalue weighted by Gasteiger charge is -2.16. The zero-order valence-corrected chi connectivity index (χ0v) is 8.99. The van der Waals surface area contributed by atoms with E-state index in [1.165, 1.54) is 13.2 Å². The SMILES string of the molecule is COc1ccc(OC(F)(F)F)cc1[C@@H](N)CO. The summed E-state index contributed by atoms with van der Waals surface area (Å²) in [6, 6.07) is 2.67. The Morgan fingerprint density at radius 3 is 2.53 bits per heavy atom. The summed E-state index contributed by atoms with van der Waals surface area (Å²) in [5.41, 5.74) is 5.78. The molecule has 7 heteroatoms. The van der Waals surface area contributed by atoms with Gasteiger partial charge in [-0.2, -0.15) is 0 Å². The molecule has 0 aromatic heterocycles. The van der Waals surface area contributed by atoms with Crippen molar-refractivity contribution in [2.24, 2.45) is 5.73 Å². The summed E-state index contributed by atoms with van der Waals surface area (Å²) < 4.78 is 44.7. The minimum absolute atomic E-state index is 0.247. The lowest BCUT2D eigenvalue weighted by molar-refractivity contribution is -0.274. The van der Waals surface area contributed by atoms with E-state index in [2.05, 4.69) is 4.74 Å². The molecule has 0 spiro atoms. The van der Waals surface area contributed by atoms with Crippen molar-refractivity contribution in [2.75, 3.05) is 13.7 Å². The second kappa shape index (κ2) is 5.24. The van der Waals surface area contributed by atoms with E-state index in [9.17, 15) is 13.2 Å². The van der Waals surface area contributed by atoms with Gasteiger partial charge in [0.25, 0.3) is 0 Å². The van der Waals surface area contributed by atoms with Gasteiger partial charge >= 0.3 is 6.36 Å². The lowest BCUT2D eigenvalue weighted by Crippen LogP contribution is -2.19. The van der Waals surface area contributed by atoms with Crippen molar-refractivity contribution in [1.82, 2.24) is 0 Å². The number of alkyl halides is 3. The maximum Gasteiger partial charge on any atom is 0.573 e. The van der Waals surface area contributed by atoms with Gasteiger partial charge in [-0.3, -0.25) is 0 Å². The number of hydrogen-bond acceptors (Lipinski definition) is 4. The summed E-state index contributed by atoms with van der Waals surface area (Å²) >= 11 is 0. The Kier molecular flexibility index (Phi) is 4.19. The number of hydrogen-bond donors (Lipinski definition) is 2. The molecule has 17 heavy (non-hydrogen) atoms. The standard InChI is InChI=1S/C10H12F3NO3/c1-16-9-3-2-6(17-10(11,12)13)4-7(9)8(14)5-15/h2-4,8,15H,5,14H2,1H3/t8-/m0/s1. The van der Waals surface area contributed by atoms with Gasteiger partial charge in [0.1, 0.15) is 11.5 Å². The molecule has 0 saturated carbocycles. The molecule has 0 fully saturated rings. The first kappa shape index (κ1) is 13.6. The number of ether oxygens (including phenoxy) is 2. The quantitative estimate of drug-likeness (QED) is 0.852. The molecule has 1 aromatic rings. The molecule has 1 rings (SSSR count). The van der Waals surface area contributed by atoms with E-state index in [1.807, 2.05) is 0 Å². The monoisotopic (exact) mass is 251 g/mol. The maximum absolute atomic E-state index is 12.0. The van der Waals surface area contributed by atoms with Crippen LogP contribution in [0.15, 0.2) is 18.2 Å². The maximum atomic E-state index is 12.0. The summed E-state index contributed by atoms with van der Waals surface area (Å²) in [4.78, 5) is 0. The van der Waals surface area contributed by atoms with Crippen LogP contribution in [-0.4, -0.2) is 25.2 Å². The first-order chi connectivity index (χ1) is 7.87. The molecule has 96 valence electrons. The number of aliphatic hydroxyl groups is 1. The Labute approximate surface area is 95.7 Å². The average Bonchev–Trinajstić information content (AvgIpc) is 2.25. The van der Waals surface area contributed by atoms with Crippen molar-refractivity contribution < 1.29 is 27.8 Å². The fourth-order valence-corrected chi connectivity index (χ4v) is 1.30. The molecular formula is C10H12F3NO3. The first-order valence-electron chi connectivity index (χ1n) is 4.67. The summed E-state index contributed by atoms with van der Waals surface area (Å²) in [7, 11) is 1.35. The number of methoxy groups -OCH3 is 1. The summed E-state index contributed by atoms with van der Waals surface area (Å²) in [6.45, 7) is -0.411. The normalized spacial score (nSPS) is 13.3. The predicted molar refractivity (Wildman–Crippen MR) is 53.7 cm³/mol. The van der Waals surface area contributed by atoms with E-state index >= 15 is 0 Å². The van der Waals surface area contributed by atoms with Gasteiger partial charge in [0.15, 0.2) is 0 Å². The Bertz CT molecular complexity index is 382. The number of halogens is 3. The van der Waals surface area contributed by atoms with Crippen LogP contribution in [-0.2, 0) is 0 Å². The van der Waals surface area contributed by atoms with Crippen LogP contribution in [0.5, 0.6) is 11.5 Å². The Morgan fingerprint density at radius 1 is 1.41 bits per heavy atom. The fraction of sp³-hybridized carbons (Fsp3) is 0.400. The molecule has 4 nitrogen and oxygen atoms in total. The third-order valence-corrected chi connectivity index (χ3v) is 2.03. The average molecular weight is 251 g/mol. The molecule has 1 atom stereocenters. The Balaban J connectivity index is 3.04. The summed E-state index contributed by atoms with van der Waals surface area (Å²) in [5.74, 6) is -0.113. The molecule has 0 amide bonds. The van der Waals surface area contributed by atoms with Gasteiger partial charge < -0.3 is 20.3 Å². The molecule has 0 unspecified atom stereocenters. The largest absolute Gasteiger partial charge is 0.573 e. The van der Waals surface area contributed by atoms with Gasteiger partial charge in [0, 0.05) is 5.56 Å². The number of nitrogens with two attached hydrogens (primary N) is 1. The summed E-state index contributed by atoms with van der Waals surface area (Å²) in [5, 5.41) is 8.89. The third-order valence-electron chi connectivity index (χ3n) is 2.03. The Morgan fingerprint density at radius 2 is 2.06 bits per heavy atom. The van der Waals surface area contributed by atoms with Crippen molar-refractivity contribution in [3.05, 3.63) is 23.8 Å². The molecule has 0 aliphatic carbocycles. The van der Waals surface area contributed by atoms with Crippen LogP contribution in [0.4, 0.5) is 13.2 Å². The zero-order valence-electron chi connectivity index (χ0n) is 8.99. The highest BCUT2D eigenvalue weighted by Crippen LogP contribution is 2.31. The van der Waals surface area contributed by atoms with Gasteiger partial charge in [-0.15, -0.1) is 13.2 Å². The highest BCUT2D eigenvalue weighted by atomic mass is 19.4. The van der Waals surface area contributed by atoms with E-state index in [4.69, 9.17) is 15.6 Å². The highest BCUT2D eigenvalue weighted by Gasteiger charge is 2.31. The van der Waals surface area contributed by atoms with Crippen LogP contribution in [0.1, 0.15) is 11.6 Å². The van der Waals surface area contributed by atoms with Crippen molar-refractivity contribution in [2.45, 2.75) is 12.4 Å². The van der Waals surface area contributed by atoms with E-state index in [-0.39, 0.29) is 5.56 Å². The van der Waals surface area contributed by atoms with Crippen LogP contribution >= 0.6 is 0 Å². The van der Waals surface area contributed by atoms with Gasteiger partial charge in [0.2, 0.25) is 0 Å². The molecule has 0 saturated heterocycles. The van der Waals surface area contributed by atoms with Crippen LogP contribution in [0, 0.1) is 0 Å². The fourth-order valence-electron chi connectivity index (χ4n) is 1.30. The molecule has 0 radical (unpaired) electrons. The zero-order chi connectivity index (χ0) is 13.1. The second-order valence-corrected chi connectivity index (χ2v) is 3.24. The van der Waals surface area contributed by atoms with Gasteiger partial charge in [-0.05, 0) is 18.2 Å². The molecule has 3 N–H and O–H groups in total. The molecular weight excluding hydrogens is 239 g/mol. The molecule has 0 bridgehead atoms. The highest BCUT2D eigenvalue weighted by molar-refractivity contribution is 5.42. The topological polar surface area (TPSA) is 64.7 Å². The summed E-state index contributed by atoms with van der Waals surface area (Å²) in [6.07, 6.45) is -4.77. The van der Waals surface area contributed by atoms with Gasteiger partial charge in [-0.25, -0.2) is 0 Å². The van der Waals surface area contributed by atoms with Crippen molar-refractivity contribution in [1.29, 1.82) is 0 Å². The molecule has 1 aromatic carbocycles. The van der Waals surface area contributed by atoms with Crippen molar-refractivity contribution in [3.63, 3.8) is 0 Å². The predicted octanol–water partition coefficient (Wildman–Crippen LogP) is 1.59. The number of aliphatic hydroxyl groups excluding tert-OH is 1. The van der Waals surface area contributed by atoms with Crippen LogP contribution in [0.3, 0.4) is 0 Å². The number of benzene rings is 1. The molecule has 0 aliphatic heterocycles. The van der Waals surface area contributed by atoms with Gasteiger partial charge in [0.05, 0.1) is 19.8 Å². The van der Waals surface area contributed by atoms with E-state index in [1.54, 1.807) is 0 Å². The van der Waals surface area contributed by atoms with Crippen molar-refractivity contribution in [3.8, 4) is 11.5 Å². The second-order valence-electron chi connectivity index (χ2n) is 3.24. The lowest BCUT2D eigenvalue weighted by atomic mass is 10.1.